The second kappa shape index (κ2) is 12.2. The monoisotopic (exact) mass is 412 g/mol. The van der Waals surface area contributed by atoms with Crippen LogP contribution < -0.4 is 14.8 Å². The number of carbonyl (C=O) groups is 1. The van der Waals surface area contributed by atoms with E-state index in [9.17, 15) is 4.79 Å². The van der Waals surface area contributed by atoms with Gasteiger partial charge in [-0.1, -0.05) is 19.3 Å². The molecular formula is C24H32N2O4. The quantitative estimate of drug-likeness (QED) is 0.549. The number of nitrogens with one attached hydrogen (secondary N) is 1. The highest BCUT2D eigenvalue weighted by Gasteiger charge is 2.14. The molecule has 1 aliphatic carbocycles. The summed E-state index contributed by atoms with van der Waals surface area (Å²) in [4.78, 5) is 16.5. The van der Waals surface area contributed by atoms with Crippen LogP contribution in [0.4, 0.5) is 0 Å². The van der Waals surface area contributed by atoms with Crippen LogP contribution in [0.15, 0.2) is 42.7 Å². The van der Waals surface area contributed by atoms with Crippen LogP contribution in [0, 0.1) is 0 Å². The van der Waals surface area contributed by atoms with Crippen molar-refractivity contribution in [2.45, 2.75) is 58.2 Å². The molecule has 0 aliphatic heterocycles. The van der Waals surface area contributed by atoms with Crippen molar-refractivity contribution in [3.05, 3.63) is 53.9 Å². The van der Waals surface area contributed by atoms with Crippen LogP contribution >= 0.6 is 0 Å². The molecule has 1 heterocycles. The number of amides is 1. The zero-order valence-electron chi connectivity index (χ0n) is 17.8. The molecule has 0 radical (unpaired) electrons. The molecule has 6 heteroatoms. The summed E-state index contributed by atoms with van der Waals surface area (Å²) in [6.45, 7) is 4.10. The normalized spacial score (nSPS) is 14.3. The number of aromatic nitrogens is 1. The van der Waals surface area contributed by atoms with Gasteiger partial charge in [-0.15, -0.1) is 0 Å². The first-order valence-corrected chi connectivity index (χ1v) is 10.9. The van der Waals surface area contributed by atoms with Crippen LogP contribution in [0.1, 0.15) is 61.4 Å². The van der Waals surface area contributed by atoms with E-state index in [0.29, 0.717) is 49.5 Å². The van der Waals surface area contributed by atoms with Crippen LogP contribution in [-0.4, -0.2) is 36.8 Å². The highest BCUT2D eigenvalue weighted by Crippen LogP contribution is 2.29. The van der Waals surface area contributed by atoms with E-state index in [1.807, 2.05) is 19.1 Å². The molecular weight excluding hydrogens is 380 g/mol. The Kier molecular flexibility index (Phi) is 8.97. The predicted molar refractivity (Wildman–Crippen MR) is 116 cm³/mol. The standard InChI is InChI=1S/C24H32N2O4/c1-2-28-23-17-20(9-10-22(23)30-18-19-11-14-25-15-12-19)24(27)26-13-6-16-29-21-7-4-3-5-8-21/h9-12,14-15,17,21H,2-8,13,16,18H2,1H3,(H,26,27). The summed E-state index contributed by atoms with van der Waals surface area (Å²) in [5, 5.41) is 2.96. The molecule has 0 unspecified atom stereocenters. The Morgan fingerprint density at radius 2 is 1.87 bits per heavy atom. The average Bonchev–Trinajstić information content (AvgIpc) is 2.79. The van der Waals surface area contributed by atoms with Crippen LogP contribution in [0.25, 0.3) is 0 Å². The molecule has 1 aromatic carbocycles. The molecule has 1 aromatic heterocycles. The second-order valence-corrected chi connectivity index (χ2v) is 7.48. The highest BCUT2D eigenvalue weighted by molar-refractivity contribution is 5.94. The minimum absolute atomic E-state index is 0.116. The maximum Gasteiger partial charge on any atom is 0.251 e. The molecule has 1 N–H and O–H groups in total. The first-order chi connectivity index (χ1) is 14.8. The van der Waals surface area contributed by atoms with E-state index in [-0.39, 0.29) is 5.91 Å². The van der Waals surface area contributed by atoms with Crippen molar-refractivity contribution in [3.8, 4) is 11.5 Å². The molecule has 0 atom stereocenters. The summed E-state index contributed by atoms with van der Waals surface area (Å²) in [6.07, 6.45) is 10.9. The minimum Gasteiger partial charge on any atom is -0.490 e. The van der Waals surface area contributed by atoms with Crippen molar-refractivity contribution in [1.29, 1.82) is 0 Å². The molecule has 30 heavy (non-hydrogen) atoms. The van der Waals surface area contributed by atoms with Crippen LogP contribution in [0.3, 0.4) is 0 Å². The lowest BCUT2D eigenvalue weighted by Crippen LogP contribution is -2.26. The van der Waals surface area contributed by atoms with Gasteiger partial charge in [-0.2, -0.15) is 0 Å². The van der Waals surface area contributed by atoms with Crippen LogP contribution in [0.2, 0.25) is 0 Å². The summed E-state index contributed by atoms with van der Waals surface area (Å²) < 4.78 is 17.5. The molecule has 3 rings (SSSR count). The first kappa shape index (κ1) is 22.1. The number of ether oxygens (including phenoxy) is 3. The van der Waals surface area contributed by atoms with Gasteiger partial charge in [0.25, 0.3) is 5.91 Å². The van der Waals surface area contributed by atoms with Gasteiger partial charge in [0.1, 0.15) is 6.61 Å². The van der Waals surface area contributed by atoms with E-state index in [4.69, 9.17) is 14.2 Å². The van der Waals surface area contributed by atoms with Gasteiger partial charge in [-0.05, 0) is 62.1 Å². The van der Waals surface area contributed by atoms with Crippen molar-refractivity contribution in [2.24, 2.45) is 0 Å². The Balaban J connectivity index is 1.46. The van der Waals surface area contributed by atoms with Crippen molar-refractivity contribution in [2.75, 3.05) is 19.8 Å². The van der Waals surface area contributed by atoms with Crippen molar-refractivity contribution >= 4 is 5.91 Å². The SMILES string of the molecule is CCOc1cc(C(=O)NCCCOC2CCCCC2)ccc1OCc1ccncc1. The second-order valence-electron chi connectivity index (χ2n) is 7.48. The smallest absolute Gasteiger partial charge is 0.251 e. The Morgan fingerprint density at radius 1 is 1.07 bits per heavy atom. The minimum atomic E-state index is -0.116. The summed E-state index contributed by atoms with van der Waals surface area (Å²) in [5.41, 5.74) is 1.58. The van der Waals surface area contributed by atoms with Gasteiger partial charge >= 0.3 is 0 Å². The summed E-state index contributed by atoms with van der Waals surface area (Å²) >= 11 is 0. The Labute approximate surface area is 178 Å². The van der Waals surface area contributed by atoms with Gasteiger partial charge in [0, 0.05) is 31.1 Å². The number of rotatable bonds is 11. The molecule has 0 spiro atoms. The lowest BCUT2D eigenvalue weighted by molar-refractivity contribution is 0.0273. The summed E-state index contributed by atoms with van der Waals surface area (Å²) in [5.74, 6) is 1.07. The van der Waals surface area contributed by atoms with Gasteiger partial charge in [0.05, 0.1) is 12.7 Å². The highest BCUT2D eigenvalue weighted by atomic mass is 16.5. The van der Waals surface area contributed by atoms with E-state index in [0.717, 1.165) is 12.0 Å². The van der Waals surface area contributed by atoms with Gasteiger partial charge in [0.15, 0.2) is 11.5 Å². The fourth-order valence-corrected chi connectivity index (χ4v) is 3.53. The van der Waals surface area contributed by atoms with E-state index in [1.54, 1.807) is 30.6 Å². The molecule has 6 nitrogen and oxygen atoms in total. The third-order valence-electron chi connectivity index (χ3n) is 5.16. The van der Waals surface area contributed by atoms with E-state index >= 15 is 0 Å². The molecule has 0 saturated heterocycles. The number of hydrogen-bond acceptors (Lipinski definition) is 5. The predicted octanol–water partition coefficient (Wildman–Crippen LogP) is 4.53. The van der Waals surface area contributed by atoms with Crippen molar-refractivity contribution in [3.63, 3.8) is 0 Å². The average molecular weight is 413 g/mol. The molecule has 1 amide bonds. The lowest BCUT2D eigenvalue weighted by Gasteiger charge is -2.21. The third-order valence-corrected chi connectivity index (χ3v) is 5.16. The van der Waals surface area contributed by atoms with Gasteiger partial charge in [0.2, 0.25) is 0 Å². The topological polar surface area (TPSA) is 69.7 Å². The molecule has 162 valence electrons. The molecule has 1 saturated carbocycles. The van der Waals surface area contributed by atoms with E-state index in [1.165, 1.54) is 32.1 Å². The van der Waals surface area contributed by atoms with Crippen LogP contribution in [-0.2, 0) is 11.3 Å². The van der Waals surface area contributed by atoms with E-state index < -0.39 is 0 Å². The largest absolute Gasteiger partial charge is 0.490 e. The maximum atomic E-state index is 12.5. The molecule has 1 aliphatic rings. The van der Waals surface area contributed by atoms with Gasteiger partial charge in [-0.25, -0.2) is 0 Å². The summed E-state index contributed by atoms with van der Waals surface area (Å²) in [7, 11) is 0. The number of benzene rings is 1. The number of hydrogen-bond donors (Lipinski definition) is 1. The molecule has 2 aromatic rings. The third kappa shape index (κ3) is 7.02. The number of carbonyl (C=O) groups excluding carboxylic acids is 1. The maximum absolute atomic E-state index is 12.5. The molecule has 0 bridgehead atoms. The Morgan fingerprint density at radius 3 is 2.63 bits per heavy atom. The summed E-state index contributed by atoms with van der Waals surface area (Å²) in [6, 6.07) is 9.09. The zero-order valence-corrected chi connectivity index (χ0v) is 17.8. The Hall–Kier alpha value is -2.60. The van der Waals surface area contributed by atoms with Crippen molar-refractivity contribution in [1.82, 2.24) is 10.3 Å². The van der Waals surface area contributed by atoms with E-state index in [2.05, 4.69) is 10.3 Å². The zero-order chi connectivity index (χ0) is 21.0. The first-order valence-electron chi connectivity index (χ1n) is 10.9. The van der Waals surface area contributed by atoms with Gasteiger partial charge in [-0.3, -0.25) is 9.78 Å². The number of pyridine rings is 1. The fourth-order valence-electron chi connectivity index (χ4n) is 3.53. The van der Waals surface area contributed by atoms with Gasteiger partial charge < -0.3 is 19.5 Å². The van der Waals surface area contributed by atoms with Crippen LogP contribution in [0.5, 0.6) is 11.5 Å². The fraction of sp³-hybridized carbons (Fsp3) is 0.500. The Bertz CT molecular complexity index is 776. The number of nitrogens with zero attached hydrogens (tertiary/aromatic N) is 1. The lowest BCUT2D eigenvalue weighted by atomic mass is 9.98. The molecule has 1 fully saturated rings. The van der Waals surface area contributed by atoms with Crippen molar-refractivity contribution < 1.29 is 19.0 Å².